The number of carbonyl (C=O) groups is 1. The summed E-state index contributed by atoms with van der Waals surface area (Å²) in [5, 5.41) is 2.86. The van der Waals surface area contributed by atoms with Crippen LogP contribution in [0.4, 0.5) is 11.8 Å². The van der Waals surface area contributed by atoms with Crippen molar-refractivity contribution in [2.75, 3.05) is 36.0 Å². The van der Waals surface area contributed by atoms with E-state index in [0.717, 1.165) is 43.5 Å². The smallest absolute Gasteiger partial charge is 0.270 e. The van der Waals surface area contributed by atoms with Gasteiger partial charge in [-0.3, -0.25) is 9.78 Å². The van der Waals surface area contributed by atoms with E-state index in [0.29, 0.717) is 12.2 Å². The minimum atomic E-state index is -0.233. The maximum atomic E-state index is 12.4. The first-order valence-corrected chi connectivity index (χ1v) is 9.06. The highest BCUT2D eigenvalue weighted by Crippen LogP contribution is 2.16. The molecule has 9 heteroatoms. The first-order chi connectivity index (χ1) is 13.8. The molecule has 0 atom stereocenters. The molecule has 0 spiro atoms. The van der Waals surface area contributed by atoms with Crippen LogP contribution in [0.15, 0.2) is 55.4 Å². The Hall–Kier alpha value is -3.62. The summed E-state index contributed by atoms with van der Waals surface area (Å²) in [4.78, 5) is 37.8. The van der Waals surface area contributed by atoms with Crippen molar-refractivity contribution in [2.24, 2.45) is 0 Å². The SMILES string of the molecule is O=C(NCc1cccnc1)c1cc(N2CCN(c3ncccn3)CC2)ncn1. The van der Waals surface area contributed by atoms with Gasteiger partial charge in [-0.2, -0.15) is 0 Å². The summed E-state index contributed by atoms with van der Waals surface area (Å²) in [5.41, 5.74) is 1.28. The summed E-state index contributed by atoms with van der Waals surface area (Å²) in [7, 11) is 0. The first kappa shape index (κ1) is 17.8. The maximum absolute atomic E-state index is 12.4. The molecule has 1 N–H and O–H groups in total. The summed E-state index contributed by atoms with van der Waals surface area (Å²) in [6.07, 6.45) is 8.35. The molecule has 1 aliphatic heterocycles. The molecule has 3 aromatic rings. The number of nitrogens with zero attached hydrogens (tertiary/aromatic N) is 7. The van der Waals surface area contributed by atoms with Gasteiger partial charge in [0.15, 0.2) is 0 Å². The van der Waals surface area contributed by atoms with Gasteiger partial charge < -0.3 is 15.1 Å². The van der Waals surface area contributed by atoms with Gasteiger partial charge in [0.05, 0.1) is 0 Å². The van der Waals surface area contributed by atoms with Gasteiger partial charge in [0.1, 0.15) is 17.8 Å². The molecule has 1 aliphatic rings. The molecule has 1 saturated heterocycles. The van der Waals surface area contributed by atoms with Crippen LogP contribution in [0.2, 0.25) is 0 Å². The lowest BCUT2D eigenvalue weighted by Crippen LogP contribution is -2.47. The van der Waals surface area contributed by atoms with Crippen LogP contribution < -0.4 is 15.1 Å². The van der Waals surface area contributed by atoms with Gasteiger partial charge in [0.25, 0.3) is 5.91 Å². The Bertz CT molecular complexity index is 913. The van der Waals surface area contributed by atoms with Crippen LogP contribution in [0, 0.1) is 0 Å². The van der Waals surface area contributed by atoms with Gasteiger partial charge in [0.2, 0.25) is 5.95 Å². The monoisotopic (exact) mass is 376 g/mol. The predicted molar refractivity (Wildman–Crippen MR) is 104 cm³/mol. The number of amides is 1. The standard InChI is InChI=1S/C19H20N8O/c28-18(23-13-15-3-1-4-20-12-15)16-11-17(25-14-24-16)26-7-9-27(10-8-26)19-21-5-2-6-22-19/h1-6,11-12,14H,7-10,13H2,(H,23,28). The van der Waals surface area contributed by atoms with Crippen LogP contribution in [0.3, 0.4) is 0 Å². The fourth-order valence-corrected chi connectivity index (χ4v) is 3.01. The molecule has 0 aromatic carbocycles. The molecule has 142 valence electrons. The third-order valence-electron chi connectivity index (χ3n) is 4.50. The van der Waals surface area contributed by atoms with Gasteiger partial charge in [-0.25, -0.2) is 19.9 Å². The van der Waals surface area contributed by atoms with Crippen molar-refractivity contribution < 1.29 is 4.79 Å². The van der Waals surface area contributed by atoms with E-state index in [1.54, 1.807) is 30.9 Å². The largest absolute Gasteiger partial charge is 0.353 e. The highest BCUT2D eigenvalue weighted by atomic mass is 16.1. The minimum absolute atomic E-state index is 0.233. The van der Waals surface area contributed by atoms with E-state index in [2.05, 4.69) is 40.0 Å². The summed E-state index contributed by atoms with van der Waals surface area (Å²) in [6, 6.07) is 7.29. The molecule has 0 aliphatic carbocycles. The van der Waals surface area contributed by atoms with Gasteiger partial charge in [0, 0.05) is 63.6 Å². The second kappa shape index (κ2) is 8.38. The van der Waals surface area contributed by atoms with E-state index in [1.807, 2.05) is 18.2 Å². The lowest BCUT2D eigenvalue weighted by molar-refractivity contribution is 0.0945. The molecule has 4 rings (SSSR count). The van der Waals surface area contributed by atoms with Crippen molar-refractivity contribution in [3.05, 3.63) is 66.6 Å². The van der Waals surface area contributed by atoms with Crippen LogP contribution in [-0.2, 0) is 6.54 Å². The summed E-state index contributed by atoms with van der Waals surface area (Å²) >= 11 is 0. The van der Waals surface area contributed by atoms with Crippen molar-refractivity contribution in [3.8, 4) is 0 Å². The number of hydrogen-bond acceptors (Lipinski definition) is 8. The van der Waals surface area contributed by atoms with E-state index >= 15 is 0 Å². The lowest BCUT2D eigenvalue weighted by Gasteiger charge is -2.35. The predicted octanol–water partition coefficient (Wildman–Crippen LogP) is 0.918. The molecular formula is C19H20N8O. The maximum Gasteiger partial charge on any atom is 0.270 e. The Morgan fingerprint density at radius 3 is 2.50 bits per heavy atom. The Balaban J connectivity index is 1.37. The second-order valence-corrected chi connectivity index (χ2v) is 6.33. The fourth-order valence-electron chi connectivity index (χ4n) is 3.01. The zero-order valence-electron chi connectivity index (χ0n) is 15.3. The average molecular weight is 376 g/mol. The van der Waals surface area contributed by atoms with Crippen LogP contribution >= 0.6 is 0 Å². The molecule has 28 heavy (non-hydrogen) atoms. The molecule has 0 radical (unpaired) electrons. The molecule has 3 aromatic heterocycles. The molecule has 0 unspecified atom stereocenters. The Kier molecular flexibility index (Phi) is 5.32. The highest BCUT2D eigenvalue weighted by Gasteiger charge is 2.20. The number of nitrogens with one attached hydrogen (secondary N) is 1. The zero-order chi connectivity index (χ0) is 19.2. The van der Waals surface area contributed by atoms with Crippen LogP contribution in [0.25, 0.3) is 0 Å². The van der Waals surface area contributed by atoms with Crippen LogP contribution in [0.1, 0.15) is 16.1 Å². The van der Waals surface area contributed by atoms with Crippen molar-refractivity contribution in [3.63, 3.8) is 0 Å². The number of aromatic nitrogens is 5. The van der Waals surface area contributed by atoms with E-state index < -0.39 is 0 Å². The van der Waals surface area contributed by atoms with E-state index in [-0.39, 0.29) is 5.91 Å². The highest BCUT2D eigenvalue weighted by molar-refractivity contribution is 5.92. The van der Waals surface area contributed by atoms with E-state index in [1.165, 1.54) is 6.33 Å². The van der Waals surface area contributed by atoms with Gasteiger partial charge in [-0.05, 0) is 17.7 Å². The molecule has 1 amide bonds. The van der Waals surface area contributed by atoms with Crippen molar-refractivity contribution in [1.82, 2.24) is 30.2 Å². The quantitative estimate of drug-likeness (QED) is 0.702. The van der Waals surface area contributed by atoms with E-state index in [4.69, 9.17) is 0 Å². The molecule has 9 nitrogen and oxygen atoms in total. The molecule has 0 saturated carbocycles. The van der Waals surface area contributed by atoms with Crippen molar-refractivity contribution in [1.29, 1.82) is 0 Å². The number of anilines is 2. The van der Waals surface area contributed by atoms with Crippen LogP contribution in [-0.4, -0.2) is 57.0 Å². The molecule has 0 bridgehead atoms. The summed E-state index contributed by atoms with van der Waals surface area (Å²) in [6.45, 7) is 3.52. The van der Waals surface area contributed by atoms with Crippen molar-refractivity contribution in [2.45, 2.75) is 6.54 Å². The van der Waals surface area contributed by atoms with E-state index in [9.17, 15) is 4.79 Å². The van der Waals surface area contributed by atoms with Gasteiger partial charge >= 0.3 is 0 Å². The van der Waals surface area contributed by atoms with Gasteiger partial charge in [-0.15, -0.1) is 0 Å². The molecule has 4 heterocycles. The number of piperazine rings is 1. The summed E-state index contributed by atoms with van der Waals surface area (Å²) < 4.78 is 0. The third-order valence-corrected chi connectivity index (χ3v) is 4.50. The summed E-state index contributed by atoms with van der Waals surface area (Å²) in [5.74, 6) is 1.25. The van der Waals surface area contributed by atoms with Crippen molar-refractivity contribution >= 4 is 17.7 Å². The first-order valence-electron chi connectivity index (χ1n) is 9.06. The lowest BCUT2D eigenvalue weighted by atomic mass is 10.2. The molecular weight excluding hydrogens is 356 g/mol. The Morgan fingerprint density at radius 1 is 0.964 bits per heavy atom. The fraction of sp³-hybridized carbons (Fsp3) is 0.263. The Morgan fingerprint density at radius 2 is 1.75 bits per heavy atom. The number of rotatable bonds is 5. The Labute approximate surface area is 162 Å². The zero-order valence-corrected chi connectivity index (χ0v) is 15.3. The molecule has 1 fully saturated rings. The van der Waals surface area contributed by atoms with Crippen LogP contribution in [0.5, 0.6) is 0 Å². The average Bonchev–Trinajstić information content (AvgIpc) is 2.79. The number of carbonyl (C=O) groups excluding carboxylic acids is 1. The topological polar surface area (TPSA) is 100 Å². The minimum Gasteiger partial charge on any atom is -0.353 e. The normalized spacial score (nSPS) is 14.0. The number of hydrogen-bond donors (Lipinski definition) is 1. The second-order valence-electron chi connectivity index (χ2n) is 6.33. The van der Waals surface area contributed by atoms with Gasteiger partial charge in [-0.1, -0.05) is 6.07 Å². The third kappa shape index (κ3) is 4.20. The number of pyridine rings is 1.